The van der Waals surface area contributed by atoms with Gasteiger partial charge in [-0.25, -0.2) is 8.42 Å². The maximum Gasteiger partial charge on any atom is 0.243 e. The molecule has 0 radical (unpaired) electrons. The van der Waals surface area contributed by atoms with E-state index in [0.29, 0.717) is 10.8 Å². The maximum absolute atomic E-state index is 12.8. The van der Waals surface area contributed by atoms with Crippen molar-refractivity contribution in [3.63, 3.8) is 0 Å². The SMILES string of the molecule is Cc1ccc(CCl)cc1S(=O)(=O)N(C)C1CCCCC1. The van der Waals surface area contributed by atoms with Crippen molar-refractivity contribution in [2.45, 2.75) is 55.8 Å². The van der Waals surface area contributed by atoms with Gasteiger partial charge < -0.3 is 0 Å². The number of alkyl halides is 1. The highest BCUT2D eigenvalue weighted by molar-refractivity contribution is 7.89. The van der Waals surface area contributed by atoms with E-state index < -0.39 is 10.0 Å². The molecule has 1 aliphatic rings. The quantitative estimate of drug-likeness (QED) is 0.795. The van der Waals surface area contributed by atoms with E-state index >= 15 is 0 Å². The lowest BCUT2D eigenvalue weighted by Gasteiger charge is -2.30. The lowest BCUT2D eigenvalue weighted by atomic mass is 9.96. The van der Waals surface area contributed by atoms with E-state index in [9.17, 15) is 8.42 Å². The van der Waals surface area contributed by atoms with E-state index in [2.05, 4.69) is 0 Å². The summed E-state index contributed by atoms with van der Waals surface area (Å²) >= 11 is 5.82. The maximum atomic E-state index is 12.8. The Morgan fingerprint density at radius 2 is 1.90 bits per heavy atom. The van der Waals surface area contributed by atoms with Gasteiger partial charge in [-0.05, 0) is 37.0 Å². The molecule has 0 amide bonds. The molecule has 1 fully saturated rings. The highest BCUT2D eigenvalue weighted by Crippen LogP contribution is 2.28. The number of nitrogens with zero attached hydrogens (tertiary/aromatic N) is 1. The third-order valence-corrected chi connectivity index (χ3v) is 6.51. The van der Waals surface area contributed by atoms with Gasteiger partial charge in [0, 0.05) is 19.0 Å². The molecule has 0 unspecified atom stereocenters. The summed E-state index contributed by atoms with van der Waals surface area (Å²) in [5, 5.41) is 0. The van der Waals surface area contributed by atoms with Gasteiger partial charge in [-0.2, -0.15) is 4.31 Å². The van der Waals surface area contributed by atoms with Crippen LogP contribution < -0.4 is 0 Å². The van der Waals surface area contributed by atoms with Crippen LogP contribution in [0, 0.1) is 6.92 Å². The molecule has 20 heavy (non-hydrogen) atoms. The van der Waals surface area contributed by atoms with Gasteiger partial charge in [-0.15, -0.1) is 11.6 Å². The number of rotatable bonds is 4. The largest absolute Gasteiger partial charge is 0.243 e. The molecule has 1 aromatic rings. The van der Waals surface area contributed by atoms with Crippen LogP contribution in [0.2, 0.25) is 0 Å². The number of aryl methyl sites for hydroxylation is 1. The zero-order chi connectivity index (χ0) is 14.8. The average Bonchev–Trinajstić information content (AvgIpc) is 2.47. The van der Waals surface area contributed by atoms with Gasteiger partial charge in [-0.3, -0.25) is 0 Å². The molecule has 0 saturated heterocycles. The zero-order valence-corrected chi connectivity index (χ0v) is 13.7. The van der Waals surface area contributed by atoms with E-state index in [4.69, 9.17) is 11.6 Å². The van der Waals surface area contributed by atoms with Crippen LogP contribution in [0.15, 0.2) is 23.1 Å². The van der Waals surface area contributed by atoms with Gasteiger partial charge in [0.15, 0.2) is 0 Å². The number of hydrogen-bond acceptors (Lipinski definition) is 2. The first-order valence-electron chi connectivity index (χ1n) is 7.10. The fourth-order valence-electron chi connectivity index (χ4n) is 2.80. The highest BCUT2D eigenvalue weighted by atomic mass is 35.5. The molecule has 1 saturated carbocycles. The third-order valence-electron chi connectivity index (χ3n) is 4.15. The molecule has 0 N–H and O–H groups in total. The summed E-state index contributed by atoms with van der Waals surface area (Å²) in [6.07, 6.45) is 5.37. The molecule has 1 aliphatic carbocycles. The number of hydrogen-bond donors (Lipinski definition) is 0. The molecule has 2 rings (SSSR count). The van der Waals surface area contributed by atoms with E-state index in [0.717, 1.165) is 36.8 Å². The highest BCUT2D eigenvalue weighted by Gasteiger charge is 2.30. The summed E-state index contributed by atoms with van der Waals surface area (Å²) in [6, 6.07) is 5.55. The van der Waals surface area contributed by atoms with Gasteiger partial charge in [0.25, 0.3) is 0 Å². The van der Waals surface area contributed by atoms with Crippen LogP contribution in [0.25, 0.3) is 0 Å². The molecule has 0 aromatic heterocycles. The number of halogens is 1. The van der Waals surface area contributed by atoms with Gasteiger partial charge in [-0.1, -0.05) is 31.4 Å². The summed E-state index contributed by atoms with van der Waals surface area (Å²) in [4.78, 5) is 0.392. The molecule has 112 valence electrons. The molecule has 3 nitrogen and oxygen atoms in total. The molecule has 0 spiro atoms. The lowest BCUT2D eigenvalue weighted by Crippen LogP contribution is -2.38. The van der Waals surface area contributed by atoms with E-state index in [1.807, 2.05) is 19.1 Å². The molecule has 5 heteroatoms. The van der Waals surface area contributed by atoms with Crippen molar-refractivity contribution < 1.29 is 8.42 Å². The fraction of sp³-hybridized carbons (Fsp3) is 0.600. The van der Waals surface area contributed by atoms with Gasteiger partial charge in [0.2, 0.25) is 10.0 Å². The Bertz CT molecular complexity index is 565. The first kappa shape index (κ1) is 15.8. The third kappa shape index (κ3) is 3.18. The van der Waals surface area contributed by atoms with Gasteiger partial charge in [0.1, 0.15) is 0 Å². The van der Waals surface area contributed by atoms with E-state index in [1.165, 1.54) is 6.42 Å². The van der Waals surface area contributed by atoms with Crippen molar-refractivity contribution in [3.05, 3.63) is 29.3 Å². The van der Waals surface area contributed by atoms with Crippen molar-refractivity contribution in [3.8, 4) is 0 Å². The minimum Gasteiger partial charge on any atom is -0.207 e. The second-order valence-corrected chi connectivity index (χ2v) is 7.78. The monoisotopic (exact) mass is 315 g/mol. The zero-order valence-electron chi connectivity index (χ0n) is 12.1. The second kappa shape index (κ2) is 6.46. The van der Waals surface area contributed by atoms with Crippen LogP contribution in [0.3, 0.4) is 0 Å². The lowest BCUT2D eigenvalue weighted by molar-refractivity contribution is 0.285. The fourth-order valence-corrected chi connectivity index (χ4v) is 4.66. The summed E-state index contributed by atoms with van der Waals surface area (Å²) < 4.78 is 27.2. The van der Waals surface area contributed by atoms with Crippen molar-refractivity contribution >= 4 is 21.6 Å². The summed E-state index contributed by atoms with van der Waals surface area (Å²) in [5.41, 5.74) is 1.62. The minimum atomic E-state index is -3.43. The molecular weight excluding hydrogens is 294 g/mol. The summed E-state index contributed by atoms with van der Waals surface area (Å²) in [7, 11) is -1.72. The molecule has 0 heterocycles. The van der Waals surface area contributed by atoms with Crippen LogP contribution in [0.4, 0.5) is 0 Å². The van der Waals surface area contributed by atoms with E-state index in [-0.39, 0.29) is 6.04 Å². The molecule has 0 atom stereocenters. The van der Waals surface area contributed by atoms with Crippen LogP contribution in [0.5, 0.6) is 0 Å². The van der Waals surface area contributed by atoms with Crippen molar-refractivity contribution in [1.29, 1.82) is 0 Å². The second-order valence-electron chi connectivity index (χ2n) is 5.55. The smallest absolute Gasteiger partial charge is 0.207 e. The normalized spacial score (nSPS) is 17.6. The Kier molecular flexibility index (Phi) is 5.10. The van der Waals surface area contributed by atoms with Crippen LogP contribution >= 0.6 is 11.6 Å². The standard InChI is InChI=1S/C15H22ClNO2S/c1-12-8-9-13(11-16)10-15(12)20(18,19)17(2)14-6-4-3-5-7-14/h8-10,14H,3-7,11H2,1-2H3. The van der Waals surface area contributed by atoms with Crippen LogP contribution in [-0.4, -0.2) is 25.8 Å². The first-order chi connectivity index (χ1) is 9.46. The van der Waals surface area contributed by atoms with Crippen LogP contribution in [-0.2, 0) is 15.9 Å². The predicted octanol–water partition coefficient (Wildman–Crippen LogP) is 3.69. The van der Waals surface area contributed by atoms with Crippen LogP contribution in [0.1, 0.15) is 43.2 Å². The Balaban J connectivity index is 2.33. The molecule has 1 aromatic carbocycles. The van der Waals surface area contributed by atoms with Gasteiger partial charge in [0.05, 0.1) is 4.90 Å². The van der Waals surface area contributed by atoms with Crippen molar-refractivity contribution in [2.75, 3.05) is 7.05 Å². The summed E-state index contributed by atoms with van der Waals surface area (Å²) in [6.45, 7) is 1.83. The Labute approximate surface area is 127 Å². The Morgan fingerprint density at radius 3 is 2.50 bits per heavy atom. The minimum absolute atomic E-state index is 0.132. The average molecular weight is 316 g/mol. The van der Waals surface area contributed by atoms with Crippen molar-refractivity contribution in [2.24, 2.45) is 0 Å². The Hall–Kier alpha value is -0.580. The first-order valence-corrected chi connectivity index (χ1v) is 9.08. The van der Waals surface area contributed by atoms with E-state index in [1.54, 1.807) is 17.4 Å². The predicted molar refractivity (Wildman–Crippen MR) is 82.6 cm³/mol. The topological polar surface area (TPSA) is 37.4 Å². The number of sulfonamides is 1. The van der Waals surface area contributed by atoms with Gasteiger partial charge >= 0.3 is 0 Å². The Morgan fingerprint density at radius 1 is 1.25 bits per heavy atom. The number of benzene rings is 1. The molecular formula is C15H22ClNO2S. The molecule has 0 bridgehead atoms. The summed E-state index contributed by atoms with van der Waals surface area (Å²) in [5.74, 6) is 0.329. The van der Waals surface area contributed by atoms with Crippen molar-refractivity contribution in [1.82, 2.24) is 4.31 Å². The molecule has 0 aliphatic heterocycles.